The zero-order valence-corrected chi connectivity index (χ0v) is 12.1. The summed E-state index contributed by atoms with van der Waals surface area (Å²) in [7, 11) is 3.27. The van der Waals surface area contributed by atoms with Gasteiger partial charge in [-0.05, 0) is 38.0 Å². The van der Waals surface area contributed by atoms with Crippen LogP contribution in [0.4, 0.5) is 0 Å². The van der Waals surface area contributed by atoms with Gasteiger partial charge in [0, 0.05) is 12.6 Å². The highest BCUT2D eigenvalue weighted by molar-refractivity contribution is 5.43. The molecule has 0 bridgehead atoms. The van der Waals surface area contributed by atoms with Gasteiger partial charge in [0.1, 0.15) is 0 Å². The van der Waals surface area contributed by atoms with E-state index in [0.717, 1.165) is 17.9 Å². The largest absolute Gasteiger partial charge is 0.493 e. The van der Waals surface area contributed by atoms with Crippen molar-refractivity contribution < 1.29 is 9.47 Å². The van der Waals surface area contributed by atoms with Crippen LogP contribution in [0.3, 0.4) is 0 Å². The third-order valence-corrected chi connectivity index (χ3v) is 2.98. The highest BCUT2D eigenvalue weighted by Gasteiger charge is 2.09. The number of ether oxygens (including phenoxy) is 2. The van der Waals surface area contributed by atoms with Crippen LogP contribution in [0.15, 0.2) is 18.2 Å². The molecule has 0 saturated carbocycles. The maximum absolute atomic E-state index is 8.74. The van der Waals surface area contributed by atoms with Crippen LogP contribution in [0.1, 0.15) is 19.4 Å². The summed E-state index contributed by atoms with van der Waals surface area (Å²) in [6, 6.07) is 8.47. The van der Waals surface area contributed by atoms with E-state index in [0.29, 0.717) is 12.6 Å². The Bertz CT molecular complexity index is 440. The van der Waals surface area contributed by atoms with Gasteiger partial charge in [-0.25, -0.2) is 0 Å². The molecule has 0 aliphatic carbocycles. The molecule has 2 unspecified atom stereocenters. The van der Waals surface area contributed by atoms with Gasteiger partial charge < -0.3 is 14.8 Å². The van der Waals surface area contributed by atoms with E-state index in [1.165, 1.54) is 5.56 Å². The van der Waals surface area contributed by atoms with Crippen LogP contribution in [0.5, 0.6) is 11.5 Å². The molecule has 1 rings (SSSR count). The summed E-state index contributed by atoms with van der Waals surface area (Å²) in [6.07, 6.45) is 0.887. The van der Waals surface area contributed by atoms with Gasteiger partial charge in [-0.2, -0.15) is 5.26 Å². The standard InChI is InChI=1S/C15H22N2O2/c1-11(9-16)10-17-12(2)7-13-5-6-14(18-3)15(8-13)19-4/h5-6,8,11-12,17H,7,10H2,1-4H3. The molecule has 0 spiro atoms. The molecule has 0 aliphatic heterocycles. The van der Waals surface area contributed by atoms with Crippen molar-refractivity contribution in [2.75, 3.05) is 20.8 Å². The van der Waals surface area contributed by atoms with Gasteiger partial charge in [0.05, 0.1) is 26.2 Å². The third kappa shape index (κ3) is 4.80. The first-order chi connectivity index (χ1) is 9.10. The number of nitrogens with one attached hydrogen (secondary N) is 1. The summed E-state index contributed by atoms with van der Waals surface area (Å²) in [5.74, 6) is 1.52. The van der Waals surface area contributed by atoms with E-state index < -0.39 is 0 Å². The Hall–Kier alpha value is -1.73. The highest BCUT2D eigenvalue weighted by atomic mass is 16.5. The zero-order chi connectivity index (χ0) is 14.3. The lowest BCUT2D eigenvalue weighted by atomic mass is 10.1. The minimum atomic E-state index is 0.0350. The van der Waals surface area contributed by atoms with Crippen molar-refractivity contribution >= 4 is 0 Å². The Labute approximate surface area is 115 Å². The predicted octanol–water partition coefficient (Wildman–Crippen LogP) is 2.38. The lowest BCUT2D eigenvalue weighted by Crippen LogP contribution is -2.31. The lowest BCUT2D eigenvalue weighted by molar-refractivity contribution is 0.354. The SMILES string of the molecule is COc1ccc(CC(C)NCC(C)C#N)cc1OC. The summed E-state index contributed by atoms with van der Waals surface area (Å²) >= 11 is 0. The Balaban J connectivity index is 2.59. The summed E-state index contributed by atoms with van der Waals surface area (Å²) < 4.78 is 10.5. The molecule has 0 aliphatic rings. The summed E-state index contributed by atoms with van der Waals surface area (Å²) in [4.78, 5) is 0. The van der Waals surface area contributed by atoms with Gasteiger partial charge >= 0.3 is 0 Å². The molecule has 1 aromatic carbocycles. The predicted molar refractivity (Wildman–Crippen MR) is 75.5 cm³/mol. The first-order valence-electron chi connectivity index (χ1n) is 6.44. The second kappa shape index (κ2) is 7.65. The molecule has 0 amide bonds. The van der Waals surface area contributed by atoms with E-state index in [1.54, 1.807) is 14.2 Å². The number of hydrogen-bond acceptors (Lipinski definition) is 4. The fourth-order valence-electron chi connectivity index (χ4n) is 1.86. The van der Waals surface area contributed by atoms with Gasteiger partial charge in [-0.1, -0.05) is 6.07 Å². The van der Waals surface area contributed by atoms with Crippen LogP contribution >= 0.6 is 0 Å². The van der Waals surface area contributed by atoms with Crippen molar-refractivity contribution in [2.45, 2.75) is 26.3 Å². The average Bonchev–Trinajstić information content (AvgIpc) is 2.44. The van der Waals surface area contributed by atoms with E-state index in [9.17, 15) is 0 Å². The van der Waals surface area contributed by atoms with Crippen LogP contribution in [0.2, 0.25) is 0 Å². The first kappa shape index (κ1) is 15.3. The van der Waals surface area contributed by atoms with Crippen LogP contribution in [-0.4, -0.2) is 26.8 Å². The quantitative estimate of drug-likeness (QED) is 0.819. The zero-order valence-electron chi connectivity index (χ0n) is 12.1. The van der Waals surface area contributed by atoms with Crippen molar-refractivity contribution in [3.05, 3.63) is 23.8 Å². The van der Waals surface area contributed by atoms with E-state index >= 15 is 0 Å². The fourth-order valence-corrected chi connectivity index (χ4v) is 1.86. The number of hydrogen-bond donors (Lipinski definition) is 1. The van der Waals surface area contributed by atoms with Gasteiger partial charge in [0.2, 0.25) is 0 Å². The second-order valence-corrected chi connectivity index (χ2v) is 4.73. The molecule has 4 nitrogen and oxygen atoms in total. The van der Waals surface area contributed by atoms with Gasteiger partial charge in [0.25, 0.3) is 0 Å². The van der Waals surface area contributed by atoms with Crippen molar-refractivity contribution in [3.63, 3.8) is 0 Å². The molecule has 0 heterocycles. The van der Waals surface area contributed by atoms with Crippen LogP contribution in [0, 0.1) is 17.2 Å². The topological polar surface area (TPSA) is 54.3 Å². The first-order valence-corrected chi connectivity index (χ1v) is 6.44. The normalized spacial score (nSPS) is 13.4. The van der Waals surface area contributed by atoms with Crippen molar-refractivity contribution in [3.8, 4) is 17.6 Å². The van der Waals surface area contributed by atoms with Crippen molar-refractivity contribution in [1.82, 2.24) is 5.32 Å². The molecule has 1 N–H and O–H groups in total. The molecule has 4 heteroatoms. The minimum absolute atomic E-state index is 0.0350. The van der Waals surface area contributed by atoms with Crippen molar-refractivity contribution in [2.24, 2.45) is 5.92 Å². The van der Waals surface area contributed by atoms with Crippen molar-refractivity contribution in [1.29, 1.82) is 5.26 Å². The van der Waals surface area contributed by atoms with Crippen LogP contribution in [-0.2, 0) is 6.42 Å². The molecule has 1 aromatic rings. The summed E-state index contributed by atoms with van der Waals surface area (Å²) in [6.45, 7) is 4.74. The lowest BCUT2D eigenvalue weighted by Gasteiger charge is -2.16. The Morgan fingerprint density at radius 1 is 1.21 bits per heavy atom. The van der Waals surface area contributed by atoms with Gasteiger partial charge in [0.15, 0.2) is 11.5 Å². The number of methoxy groups -OCH3 is 2. The molecule has 0 radical (unpaired) electrons. The molecular formula is C15H22N2O2. The number of nitrogens with zero attached hydrogens (tertiary/aromatic N) is 1. The number of nitriles is 1. The van der Waals surface area contributed by atoms with E-state index in [4.69, 9.17) is 14.7 Å². The van der Waals surface area contributed by atoms with Gasteiger partial charge in [-0.3, -0.25) is 0 Å². The molecule has 19 heavy (non-hydrogen) atoms. The Kier molecular flexibility index (Phi) is 6.17. The second-order valence-electron chi connectivity index (χ2n) is 4.73. The Morgan fingerprint density at radius 3 is 2.47 bits per heavy atom. The minimum Gasteiger partial charge on any atom is -0.493 e. The van der Waals surface area contributed by atoms with E-state index in [-0.39, 0.29) is 5.92 Å². The average molecular weight is 262 g/mol. The molecule has 0 fully saturated rings. The molecule has 0 saturated heterocycles. The summed E-state index contributed by atoms with van der Waals surface area (Å²) in [5, 5.41) is 12.1. The molecule has 2 atom stereocenters. The maximum atomic E-state index is 8.74. The third-order valence-electron chi connectivity index (χ3n) is 2.98. The Morgan fingerprint density at radius 2 is 1.89 bits per heavy atom. The smallest absolute Gasteiger partial charge is 0.160 e. The van der Waals surface area contributed by atoms with E-state index in [2.05, 4.69) is 18.3 Å². The van der Waals surface area contributed by atoms with Crippen LogP contribution < -0.4 is 14.8 Å². The summed E-state index contributed by atoms with van der Waals surface area (Å²) in [5.41, 5.74) is 1.18. The number of rotatable bonds is 7. The highest BCUT2D eigenvalue weighted by Crippen LogP contribution is 2.27. The van der Waals surface area contributed by atoms with Crippen LogP contribution in [0.25, 0.3) is 0 Å². The van der Waals surface area contributed by atoms with E-state index in [1.807, 2.05) is 25.1 Å². The maximum Gasteiger partial charge on any atom is 0.160 e. The van der Waals surface area contributed by atoms with Gasteiger partial charge in [-0.15, -0.1) is 0 Å². The molecule has 0 aromatic heterocycles. The molecule has 104 valence electrons. The number of benzene rings is 1. The fraction of sp³-hybridized carbons (Fsp3) is 0.533. The monoisotopic (exact) mass is 262 g/mol. The molecular weight excluding hydrogens is 240 g/mol.